The van der Waals surface area contributed by atoms with E-state index >= 15 is 0 Å². The first-order valence-electron chi connectivity index (χ1n) is 9.57. The standard InChI is InChI=1S/C24H22N2O4S/c1-16-12-17(2)23(18(3)13-16)31(28,29)26-22-7-5-4-6-21(22)24(27)30-15-20-10-8-19(14-25)9-11-20/h4-13,26H,15H2,1-3H3. The summed E-state index contributed by atoms with van der Waals surface area (Å²) in [6.07, 6.45) is 0. The van der Waals surface area contributed by atoms with Gasteiger partial charge in [0.2, 0.25) is 0 Å². The van der Waals surface area contributed by atoms with Crippen molar-refractivity contribution < 1.29 is 17.9 Å². The molecule has 1 N–H and O–H groups in total. The van der Waals surface area contributed by atoms with Gasteiger partial charge in [-0.2, -0.15) is 5.26 Å². The summed E-state index contributed by atoms with van der Waals surface area (Å²) in [5.74, 6) is -0.653. The Morgan fingerprint density at radius 2 is 1.61 bits per heavy atom. The van der Waals surface area contributed by atoms with Crippen molar-refractivity contribution in [2.24, 2.45) is 0 Å². The maximum atomic E-state index is 13.1. The third-order valence-electron chi connectivity index (χ3n) is 4.72. The Morgan fingerprint density at radius 3 is 2.23 bits per heavy atom. The highest BCUT2D eigenvalue weighted by Crippen LogP contribution is 2.26. The molecule has 0 saturated heterocycles. The van der Waals surface area contributed by atoms with Gasteiger partial charge in [-0.1, -0.05) is 42.0 Å². The van der Waals surface area contributed by atoms with Gasteiger partial charge >= 0.3 is 5.97 Å². The molecule has 0 aliphatic carbocycles. The molecule has 0 aliphatic heterocycles. The lowest BCUT2D eigenvalue weighted by Gasteiger charge is -2.16. The maximum absolute atomic E-state index is 13.1. The Bertz CT molecular complexity index is 1250. The predicted molar refractivity (Wildman–Crippen MR) is 118 cm³/mol. The lowest BCUT2D eigenvalue weighted by Crippen LogP contribution is -2.18. The summed E-state index contributed by atoms with van der Waals surface area (Å²) >= 11 is 0. The molecule has 0 radical (unpaired) electrons. The second-order valence-corrected chi connectivity index (χ2v) is 8.88. The average molecular weight is 435 g/mol. The highest BCUT2D eigenvalue weighted by atomic mass is 32.2. The molecule has 0 amide bonds. The number of rotatable bonds is 6. The van der Waals surface area contributed by atoms with Crippen molar-refractivity contribution in [3.05, 3.63) is 94.0 Å². The number of aryl methyl sites for hydroxylation is 3. The Balaban J connectivity index is 1.83. The van der Waals surface area contributed by atoms with Crippen LogP contribution in [-0.4, -0.2) is 14.4 Å². The summed E-state index contributed by atoms with van der Waals surface area (Å²) in [5, 5.41) is 8.86. The van der Waals surface area contributed by atoms with Gasteiger partial charge in [0.15, 0.2) is 0 Å². The van der Waals surface area contributed by atoms with Crippen molar-refractivity contribution in [2.45, 2.75) is 32.3 Å². The number of para-hydroxylation sites is 1. The lowest BCUT2D eigenvalue weighted by molar-refractivity contribution is 0.0474. The van der Waals surface area contributed by atoms with Crippen LogP contribution < -0.4 is 4.72 Å². The number of esters is 1. The molecule has 3 aromatic rings. The molecule has 0 aromatic heterocycles. The molecule has 0 heterocycles. The minimum atomic E-state index is -3.91. The fraction of sp³-hybridized carbons (Fsp3) is 0.167. The molecule has 0 saturated carbocycles. The van der Waals surface area contributed by atoms with E-state index in [1.54, 1.807) is 62.4 Å². The number of hydrogen-bond acceptors (Lipinski definition) is 5. The summed E-state index contributed by atoms with van der Waals surface area (Å²) in [5.41, 5.74) is 3.72. The van der Waals surface area contributed by atoms with E-state index in [-0.39, 0.29) is 22.8 Å². The largest absolute Gasteiger partial charge is 0.457 e. The summed E-state index contributed by atoms with van der Waals surface area (Å²) in [6.45, 7) is 5.39. The van der Waals surface area contributed by atoms with E-state index in [1.807, 2.05) is 13.0 Å². The number of ether oxygens (including phenoxy) is 1. The van der Waals surface area contributed by atoms with E-state index in [4.69, 9.17) is 10.00 Å². The first kappa shape index (κ1) is 22.1. The van der Waals surface area contributed by atoms with Crippen LogP contribution >= 0.6 is 0 Å². The lowest BCUT2D eigenvalue weighted by atomic mass is 10.1. The van der Waals surface area contributed by atoms with Gasteiger partial charge < -0.3 is 4.74 Å². The zero-order valence-electron chi connectivity index (χ0n) is 17.5. The summed E-state index contributed by atoms with van der Waals surface area (Å²) < 4.78 is 34.0. The van der Waals surface area contributed by atoms with E-state index in [2.05, 4.69) is 4.72 Å². The van der Waals surface area contributed by atoms with Gasteiger partial charge in [-0.3, -0.25) is 4.72 Å². The zero-order valence-corrected chi connectivity index (χ0v) is 18.3. The highest BCUT2D eigenvalue weighted by Gasteiger charge is 2.23. The monoisotopic (exact) mass is 434 g/mol. The molecular weight excluding hydrogens is 412 g/mol. The van der Waals surface area contributed by atoms with Crippen LogP contribution in [0.25, 0.3) is 0 Å². The Kier molecular flexibility index (Phi) is 6.42. The Hall–Kier alpha value is -3.63. The van der Waals surface area contributed by atoms with Gasteiger partial charge in [0.1, 0.15) is 6.61 Å². The molecule has 158 valence electrons. The number of nitrogens with one attached hydrogen (secondary N) is 1. The van der Waals surface area contributed by atoms with Crippen molar-refractivity contribution in [3.63, 3.8) is 0 Å². The number of sulfonamides is 1. The van der Waals surface area contributed by atoms with Gasteiger partial charge in [0.25, 0.3) is 10.0 Å². The number of anilines is 1. The summed E-state index contributed by atoms with van der Waals surface area (Å²) in [7, 11) is -3.91. The smallest absolute Gasteiger partial charge is 0.340 e. The Morgan fingerprint density at radius 1 is 1.00 bits per heavy atom. The number of nitriles is 1. The number of carbonyl (C=O) groups excluding carboxylic acids is 1. The minimum absolute atomic E-state index is 0.00179. The van der Waals surface area contributed by atoms with Crippen LogP contribution in [0.2, 0.25) is 0 Å². The fourth-order valence-electron chi connectivity index (χ4n) is 3.44. The molecule has 0 bridgehead atoms. The molecule has 7 heteroatoms. The molecule has 0 aliphatic rings. The molecule has 0 fully saturated rings. The molecular formula is C24H22N2O4S. The maximum Gasteiger partial charge on any atom is 0.340 e. The first-order chi connectivity index (χ1) is 14.7. The molecule has 0 unspecified atom stereocenters. The normalized spacial score (nSPS) is 10.9. The van der Waals surface area contributed by atoms with Gasteiger partial charge in [-0.05, 0) is 61.7 Å². The van der Waals surface area contributed by atoms with Crippen LogP contribution in [0.1, 0.15) is 38.2 Å². The van der Waals surface area contributed by atoms with E-state index in [9.17, 15) is 13.2 Å². The van der Waals surface area contributed by atoms with Crippen molar-refractivity contribution in [2.75, 3.05) is 4.72 Å². The van der Waals surface area contributed by atoms with E-state index in [0.29, 0.717) is 16.7 Å². The first-order valence-corrected chi connectivity index (χ1v) is 11.1. The second-order valence-electron chi connectivity index (χ2n) is 7.26. The van der Waals surface area contributed by atoms with Crippen molar-refractivity contribution in [1.82, 2.24) is 0 Å². The van der Waals surface area contributed by atoms with E-state index < -0.39 is 16.0 Å². The Labute approximate surface area is 182 Å². The fourth-order valence-corrected chi connectivity index (χ4v) is 4.97. The quantitative estimate of drug-likeness (QED) is 0.570. The van der Waals surface area contributed by atoms with Crippen LogP contribution in [-0.2, 0) is 21.4 Å². The van der Waals surface area contributed by atoms with E-state index in [1.165, 1.54) is 12.1 Å². The predicted octanol–water partition coefficient (Wildman–Crippen LogP) is 4.64. The third-order valence-corrected chi connectivity index (χ3v) is 6.39. The summed E-state index contributed by atoms with van der Waals surface area (Å²) in [6, 6.07) is 18.6. The number of benzene rings is 3. The van der Waals surface area contributed by atoms with Gasteiger partial charge in [-0.15, -0.1) is 0 Å². The summed E-state index contributed by atoms with van der Waals surface area (Å²) in [4.78, 5) is 12.8. The van der Waals surface area contributed by atoms with Gasteiger partial charge in [-0.25, -0.2) is 13.2 Å². The topological polar surface area (TPSA) is 96.3 Å². The van der Waals surface area contributed by atoms with Crippen LogP contribution in [0, 0.1) is 32.1 Å². The molecule has 3 rings (SSSR count). The van der Waals surface area contributed by atoms with Gasteiger partial charge in [0, 0.05) is 0 Å². The van der Waals surface area contributed by atoms with Crippen molar-refractivity contribution >= 4 is 21.7 Å². The van der Waals surface area contributed by atoms with Crippen molar-refractivity contribution in [3.8, 4) is 6.07 Å². The van der Waals surface area contributed by atoms with Crippen LogP contribution in [0.15, 0.2) is 65.6 Å². The van der Waals surface area contributed by atoms with Crippen molar-refractivity contribution in [1.29, 1.82) is 5.26 Å². The van der Waals surface area contributed by atoms with Gasteiger partial charge in [0.05, 0.1) is 27.8 Å². The zero-order chi connectivity index (χ0) is 22.6. The van der Waals surface area contributed by atoms with Crippen LogP contribution in [0.4, 0.5) is 5.69 Å². The van der Waals surface area contributed by atoms with E-state index in [0.717, 1.165) is 11.1 Å². The molecule has 3 aromatic carbocycles. The molecule has 0 spiro atoms. The highest BCUT2D eigenvalue weighted by molar-refractivity contribution is 7.92. The SMILES string of the molecule is Cc1cc(C)c(S(=O)(=O)Nc2ccccc2C(=O)OCc2ccc(C#N)cc2)c(C)c1. The second kappa shape index (κ2) is 9.02. The van der Waals surface area contributed by atoms with Crippen LogP contribution in [0.5, 0.6) is 0 Å². The number of hydrogen-bond donors (Lipinski definition) is 1. The van der Waals surface area contributed by atoms with Crippen LogP contribution in [0.3, 0.4) is 0 Å². The number of nitrogens with zero attached hydrogens (tertiary/aromatic N) is 1. The number of carbonyl (C=O) groups is 1. The third kappa shape index (κ3) is 5.11. The minimum Gasteiger partial charge on any atom is -0.457 e. The molecule has 31 heavy (non-hydrogen) atoms. The average Bonchev–Trinajstić information content (AvgIpc) is 2.71. The molecule has 0 atom stereocenters. The molecule has 6 nitrogen and oxygen atoms in total.